The lowest BCUT2D eigenvalue weighted by atomic mass is 10.5. The molecule has 0 aliphatic heterocycles. The summed E-state index contributed by atoms with van der Waals surface area (Å²) in [5, 5.41) is 2.57. The van der Waals surface area contributed by atoms with Gasteiger partial charge in [-0.15, -0.1) is 0 Å². The highest BCUT2D eigenvalue weighted by Crippen LogP contribution is 1.83. The summed E-state index contributed by atoms with van der Waals surface area (Å²) in [5.41, 5.74) is 0. The number of rotatable bonds is 3. The van der Waals surface area contributed by atoms with Crippen LogP contribution in [0.1, 0.15) is 13.3 Å². The molecule has 0 aliphatic carbocycles. The van der Waals surface area contributed by atoms with Crippen LogP contribution in [0.5, 0.6) is 0 Å². The Hall–Kier alpha value is -0.900. The van der Waals surface area contributed by atoms with Gasteiger partial charge in [0.2, 0.25) is 0 Å². The van der Waals surface area contributed by atoms with Crippen molar-refractivity contribution in [2.75, 3.05) is 13.6 Å². The predicted octanol–water partition coefficient (Wildman–Crippen LogP) is -0.314. The lowest BCUT2D eigenvalue weighted by Crippen LogP contribution is -2.23. The fraction of sp³-hybridized carbons (Fsp3) is 0.667. The maximum atomic E-state index is 10.5. The Balaban J connectivity index is 3.47. The summed E-state index contributed by atoms with van der Waals surface area (Å²) in [5.74, 6) is -1.02. The van der Waals surface area contributed by atoms with Gasteiger partial charge in [0.1, 0.15) is 0 Å². The van der Waals surface area contributed by atoms with Gasteiger partial charge in [-0.05, 0) is 7.05 Å². The molecular formula is C6H11NO3. The summed E-state index contributed by atoms with van der Waals surface area (Å²) in [6.07, 6.45) is 0.232. The van der Waals surface area contributed by atoms with E-state index in [1.807, 2.05) is 0 Å². The van der Waals surface area contributed by atoms with Gasteiger partial charge in [0.15, 0.2) is 0 Å². The molecule has 0 amide bonds. The molecule has 0 aromatic heterocycles. The normalized spacial score (nSPS) is 9.00. The van der Waals surface area contributed by atoms with Gasteiger partial charge >= 0.3 is 11.9 Å². The minimum absolute atomic E-state index is 0.0751. The second kappa shape index (κ2) is 4.93. The van der Waals surface area contributed by atoms with Gasteiger partial charge in [0.25, 0.3) is 0 Å². The van der Waals surface area contributed by atoms with E-state index in [-0.39, 0.29) is 13.0 Å². The number of hydrogen-bond acceptors (Lipinski definition) is 4. The number of likely N-dealkylation sites (N-methyl/N-ethyl adjacent to an activating group) is 1. The second-order valence-corrected chi connectivity index (χ2v) is 1.73. The third-order valence-electron chi connectivity index (χ3n) is 0.837. The number of nitrogens with one attached hydrogen (secondary N) is 1. The van der Waals surface area contributed by atoms with E-state index in [0.29, 0.717) is 0 Å². The van der Waals surface area contributed by atoms with Gasteiger partial charge < -0.3 is 10.1 Å². The third-order valence-corrected chi connectivity index (χ3v) is 0.837. The van der Waals surface area contributed by atoms with Crippen molar-refractivity contribution in [1.82, 2.24) is 5.32 Å². The van der Waals surface area contributed by atoms with Crippen LogP contribution in [0.4, 0.5) is 0 Å². The zero-order chi connectivity index (χ0) is 7.98. The van der Waals surface area contributed by atoms with E-state index in [1.165, 1.54) is 0 Å². The van der Waals surface area contributed by atoms with Crippen LogP contribution in [-0.2, 0) is 14.3 Å². The Morgan fingerprint density at radius 1 is 1.40 bits per heavy atom. The molecular weight excluding hydrogens is 134 g/mol. The summed E-state index contributed by atoms with van der Waals surface area (Å²) in [7, 11) is 1.61. The average Bonchev–Trinajstić information content (AvgIpc) is 1.88. The Kier molecular flexibility index (Phi) is 4.49. The van der Waals surface area contributed by atoms with E-state index >= 15 is 0 Å². The number of hydrogen-bond donors (Lipinski definition) is 1. The Bertz CT molecular complexity index is 133. The van der Waals surface area contributed by atoms with E-state index in [4.69, 9.17) is 0 Å². The molecule has 0 fully saturated rings. The molecule has 0 unspecified atom stereocenters. The predicted molar refractivity (Wildman–Crippen MR) is 35.3 cm³/mol. The van der Waals surface area contributed by atoms with Gasteiger partial charge in [-0.2, -0.15) is 0 Å². The summed E-state index contributed by atoms with van der Waals surface area (Å²) in [4.78, 5) is 20.9. The first-order chi connectivity index (χ1) is 4.70. The standard InChI is InChI=1S/C6H11NO3/c1-3-5(8)10-6(9)4-7-2/h7H,3-4H2,1-2H3. The van der Waals surface area contributed by atoms with E-state index in [9.17, 15) is 9.59 Å². The molecule has 0 aromatic carbocycles. The SMILES string of the molecule is CCC(=O)OC(=O)CNC. The van der Waals surface area contributed by atoms with Crippen LogP contribution in [0.25, 0.3) is 0 Å². The van der Waals surface area contributed by atoms with Crippen molar-refractivity contribution in [2.24, 2.45) is 0 Å². The molecule has 0 aliphatic rings. The number of carbonyl (C=O) groups is 2. The van der Waals surface area contributed by atoms with Crippen LogP contribution in [0, 0.1) is 0 Å². The topological polar surface area (TPSA) is 55.4 Å². The molecule has 0 heterocycles. The maximum absolute atomic E-state index is 10.5. The van der Waals surface area contributed by atoms with E-state index in [2.05, 4.69) is 10.1 Å². The second-order valence-electron chi connectivity index (χ2n) is 1.73. The zero-order valence-electron chi connectivity index (χ0n) is 6.14. The van der Waals surface area contributed by atoms with Gasteiger partial charge in [-0.25, -0.2) is 0 Å². The maximum Gasteiger partial charge on any atom is 0.327 e. The molecule has 0 aromatic rings. The summed E-state index contributed by atoms with van der Waals surface area (Å²) >= 11 is 0. The number of ether oxygens (including phenoxy) is 1. The Morgan fingerprint density at radius 2 is 2.00 bits per heavy atom. The Morgan fingerprint density at radius 3 is 2.40 bits per heavy atom. The molecule has 0 saturated carbocycles. The Labute approximate surface area is 59.6 Å². The van der Waals surface area contributed by atoms with Gasteiger partial charge in [-0.1, -0.05) is 6.92 Å². The number of carbonyl (C=O) groups excluding carboxylic acids is 2. The van der Waals surface area contributed by atoms with Crippen LogP contribution in [0.3, 0.4) is 0 Å². The molecule has 0 saturated heterocycles. The summed E-state index contributed by atoms with van der Waals surface area (Å²) in [6, 6.07) is 0. The quantitative estimate of drug-likeness (QED) is 0.437. The average molecular weight is 145 g/mol. The molecule has 0 radical (unpaired) electrons. The first-order valence-corrected chi connectivity index (χ1v) is 3.08. The van der Waals surface area contributed by atoms with Crippen LogP contribution >= 0.6 is 0 Å². The van der Waals surface area contributed by atoms with Crippen LogP contribution in [-0.4, -0.2) is 25.5 Å². The van der Waals surface area contributed by atoms with E-state index in [0.717, 1.165) is 0 Å². The molecule has 1 N–H and O–H groups in total. The van der Waals surface area contributed by atoms with Crippen LogP contribution in [0.2, 0.25) is 0 Å². The molecule has 0 bridgehead atoms. The highest BCUT2D eigenvalue weighted by Gasteiger charge is 2.05. The minimum Gasteiger partial charge on any atom is -0.392 e. The van der Waals surface area contributed by atoms with Crippen molar-refractivity contribution in [3.05, 3.63) is 0 Å². The largest absolute Gasteiger partial charge is 0.392 e. The van der Waals surface area contributed by atoms with Crippen molar-refractivity contribution in [3.8, 4) is 0 Å². The van der Waals surface area contributed by atoms with E-state index in [1.54, 1.807) is 14.0 Å². The fourth-order valence-electron chi connectivity index (χ4n) is 0.380. The number of esters is 2. The van der Waals surface area contributed by atoms with Crippen molar-refractivity contribution in [2.45, 2.75) is 13.3 Å². The molecule has 58 valence electrons. The summed E-state index contributed by atoms with van der Waals surface area (Å²) < 4.78 is 4.30. The van der Waals surface area contributed by atoms with Crippen molar-refractivity contribution in [3.63, 3.8) is 0 Å². The highest BCUT2D eigenvalue weighted by atomic mass is 16.6. The van der Waals surface area contributed by atoms with E-state index < -0.39 is 11.9 Å². The first-order valence-electron chi connectivity index (χ1n) is 3.08. The smallest absolute Gasteiger partial charge is 0.327 e. The summed E-state index contributed by atoms with van der Waals surface area (Å²) in [6.45, 7) is 1.71. The fourth-order valence-corrected chi connectivity index (χ4v) is 0.380. The molecule has 4 heteroatoms. The zero-order valence-corrected chi connectivity index (χ0v) is 6.14. The van der Waals surface area contributed by atoms with Crippen molar-refractivity contribution < 1.29 is 14.3 Å². The van der Waals surface area contributed by atoms with Crippen LogP contribution in [0.15, 0.2) is 0 Å². The lowest BCUT2D eigenvalue weighted by Gasteiger charge is -1.98. The van der Waals surface area contributed by atoms with Crippen molar-refractivity contribution in [1.29, 1.82) is 0 Å². The molecule has 0 atom stereocenters. The van der Waals surface area contributed by atoms with Gasteiger partial charge in [-0.3, -0.25) is 9.59 Å². The molecule has 0 spiro atoms. The molecule has 10 heavy (non-hydrogen) atoms. The van der Waals surface area contributed by atoms with Gasteiger partial charge in [0.05, 0.1) is 6.54 Å². The monoisotopic (exact) mass is 145 g/mol. The highest BCUT2D eigenvalue weighted by molar-refractivity contribution is 5.86. The van der Waals surface area contributed by atoms with Gasteiger partial charge in [0, 0.05) is 6.42 Å². The minimum atomic E-state index is -0.533. The first kappa shape index (κ1) is 9.10. The molecule has 0 rings (SSSR count). The lowest BCUT2D eigenvalue weighted by molar-refractivity contribution is -0.158. The van der Waals surface area contributed by atoms with Crippen molar-refractivity contribution >= 4 is 11.9 Å². The molecule has 4 nitrogen and oxygen atoms in total. The third kappa shape index (κ3) is 4.03. The van der Waals surface area contributed by atoms with Crippen LogP contribution < -0.4 is 5.32 Å².